The number of ether oxygens (including phenoxy) is 1. The summed E-state index contributed by atoms with van der Waals surface area (Å²) in [6, 6.07) is 6.91. The van der Waals surface area contributed by atoms with E-state index in [-0.39, 0.29) is 6.42 Å². The smallest absolute Gasteiger partial charge is 0.479 e. The van der Waals surface area contributed by atoms with Crippen LogP contribution in [0.3, 0.4) is 0 Å². The summed E-state index contributed by atoms with van der Waals surface area (Å²) in [4.78, 5) is 25.0. The van der Waals surface area contributed by atoms with Crippen LogP contribution < -0.4 is 0 Å². The molecule has 1 N–H and O–H groups in total. The third-order valence-electron chi connectivity index (χ3n) is 3.19. The van der Waals surface area contributed by atoms with Crippen LogP contribution in [0.25, 0.3) is 11.4 Å². The van der Waals surface area contributed by atoms with E-state index < -0.39 is 22.9 Å². The molecule has 0 bridgehead atoms. The summed E-state index contributed by atoms with van der Waals surface area (Å²) in [5.74, 6) is -1.11. The van der Waals surface area contributed by atoms with Crippen LogP contribution in [0.15, 0.2) is 24.3 Å². The van der Waals surface area contributed by atoms with Gasteiger partial charge in [0.2, 0.25) is 5.82 Å². The lowest BCUT2D eigenvalue weighted by Crippen LogP contribution is -2.26. The molecule has 122 valence electrons. The van der Waals surface area contributed by atoms with Crippen LogP contribution in [0.1, 0.15) is 12.5 Å². The summed E-state index contributed by atoms with van der Waals surface area (Å²) in [5.41, 5.74) is 1.44. The average Bonchev–Trinajstić information content (AvgIpc) is 2.90. The van der Waals surface area contributed by atoms with Crippen LogP contribution in [0.5, 0.6) is 0 Å². The maximum Gasteiger partial charge on any atom is 0.491 e. The van der Waals surface area contributed by atoms with Crippen LogP contribution in [0.4, 0.5) is 5.95 Å². The fourth-order valence-corrected chi connectivity index (χ4v) is 2.12. The molecule has 1 atom stereocenters. The Hall–Kier alpha value is -2.81. The first-order chi connectivity index (χ1) is 10.9. The quantitative estimate of drug-likeness (QED) is 0.605. The van der Waals surface area contributed by atoms with Crippen molar-refractivity contribution in [2.45, 2.75) is 19.4 Å². The number of aryl methyl sites for hydroxylation is 1. The topological polar surface area (TPSA) is 120 Å². The molecular weight excluding hydrogens is 304 g/mol. The maximum absolute atomic E-state index is 11.1. The van der Waals surface area contributed by atoms with Crippen molar-refractivity contribution in [3.8, 4) is 11.4 Å². The SMILES string of the molecule is CCO[C@@H](Cc1ccc(-c2nc([N+](=O)[O-])nn2C)cc1)C(=O)O. The molecular formula is C14H16N4O5. The molecule has 0 saturated heterocycles. The summed E-state index contributed by atoms with van der Waals surface area (Å²) >= 11 is 0. The third kappa shape index (κ3) is 3.89. The molecule has 1 heterocycles. The van der Waals surface area contributed by atoms with Crippen molar-refractivity contribution >= 4 is 11.9 Å². The molecule has 0 fully saturated rings. The molecule has 2 aromatic rings. The third-order valence-corrected chi connectivity index (χ3v) is 3.19. The summed E-state index contributed by atoms with van der Waals surface area (Å²) in [7, 11) is 1.57. The number of carboxylic acids is 1. The van der Waals surface area contributed by atoms with Gasteiger partial charge < -0.3 is 20.0 Å². The van der Waals surface area contributed by atoms with Gasteiger partial charge in [0.1, 0.15) is 0 Å². The summed E-state index contributed by atoms with van der Waals surface area (Å²) in [5, 5.41) is 23.5. The van der Waals surface area contributed by atoms with E-state index in [2.05, 4.69) is 10.1 Å². The fraction of sp³-hybridized carbons (Fsp3) is 0.357. The van der Waals surface area contributed by atoms with Crippen LogP contribution in [-0.2, 0) is 23.0 Å². The molecule has 0 aliphatic heterocycles. The lowest BCUT2D eigenvalue weighted by molar-refractivity contribution is -0.394. The van der Waals surface area contributed by atoms with Gasteiger partial charge in [-0.2, -0.15) is 4.68 Å². The Morgan fingerprint density at radius 2 is 2.09 bits per heavy atom. The zero-order valence-corrected chi connectivity index (χ0v) is 12.7. The summed E-state index contributed by atoms with van der Waals surface area (Å²) < 4.78 is 6.50. The molecule has 1 aromatic carbocycles. The van der Waals surface area contributed by atoms with Gasteiger partial charge in [-0.3, -0.25) is 0 Å². The highest BCUT2D eigenvalue weighted by atomic mass is 16.6. The zero-order chi connectivity index (χ0) is 17.0. The maximum atomic E-state index is 11.1. The van der Waals surface area contributed by atoms with Gasteiger partial charge in [0.25, 0.3) is 0 Å². The number of carbonyl (C=O) groups is 1. The Balaban J connectivity index is 2.19. The first-order valence-corrected chi connectivity index (χ1v) is 6.91. The van der Waals surface area contributed by atoms with Crippen molar-refractivity contribution in [1.29, 1.82) is 0 Å². The van der Waals surface area contributed by atoms with Crippen LogP contribution >= 0.6 is 0 Å². The van der Waals surface area contributed by atoms with Gasteiger partial charge >= 0.3 is 11.9 Å². The molecule has 0 radical (unpaired) electrons. The van der Waals surface area contributed by atoms with Crippen molar-refractivity contribution in [1.82, 2.24) is 14.8 Å². The van der Waals surface area contributed by atoms with E-state index in [1.54, 1.807) is 38.2 Å². The second-order valence-electron chi connectivity index (χ2n) is 4.80. The predicted octanol–water partition coefficient (Wildman–Crippen LogP) is 1.42. The monoisotopic (exact) mass is 320 g/mol. The van der Waals surface area contributed by atoms with Crippen molar-refractivity contribution in [2.75, 3.05) is 6.61 Å². The second-order valence-corrected chi connectivity index (χ2v) is 4.80. The highest BCUT2D eigenvalue weighted by Crippen LogP contribution is 2.20. The van der Waals surface area contributed by atoms with E-state index in [1.807, 2.05) is 0 Å². The first-order valence-electron chi connectivity index (χ1n) is 6.91. The number of aromatic nitrogens is 3. The first kappa shape index (κ1) is 16.6. The van der Waals surface area contributed by atoms with Gasteiger partial charge in [-0.25, -0.2) is 4.79 Å². The molecule has 0 unspecified atom stereocenters. The van der Waals surface area contributed by atoms with Gasteiger partial charge in [0.05, 0.1) is 0 Å². The standard InChI is InChI=1S/C14H16N4O5/c1-3-23-11(13(19)20)8-9-4-6-10(7-5-9)12-15-14(18(21)22)16-17(12)2/h4-7,11H,3,8H2,1-2H3,(H,19,20)/t11-/m0/s1. The molecule has 9 nitrogen and oxygen atoms in total. The van der Waals surface area contributed by atoms with Gasteiger partial charge in [0, 0.05) is 30.7 Å². The number of hydrogen-bond donors (Lipinski definition) is 1. The van der Waals surface area contributed by atoms with Crippen LogP contribution in [-0.4, -0.2) is 43.5 Å². The largest absolute Gasteiger partial charge is 0.491 e. The molecule has 0 aliphatic rings. The molecule has 23 heavy (non-hydrogen) atoms. The van der Waals surface area contributed by atoms with E-state index in [4.69, 9.17) is 9.84 Å². The Bertz CT molecular complexity index is 710. The number of nitrogens with zero attached hydrogens (tertiary/aromatic N) is 4. The van der Waals surface area contributed by atoms with E-state index in [0.29, 0.717) is 18.0 Å². The van der Waals surface area contributed by atoms with Crippen LogP contribution in [0.2, 0.25) is 0 Å². The van der Waals surface area contributed by atoms with E-state index in [9.17, 15) is 14.9 Å². The van der Waals surface area contributed by atoms with Gasteiger partial charge in [-0.1, -0.05) is 12.1 Å². The number of hydrogen-bond acceptors (Lipinski definition) is 6. The number of benzene rings is 1. The molecule has 0 spiro atoms. The number of aliphatic carboxylic acids is 1. The minimum Gasteiger partial charge on any atom is -0.479 e. The highest BCUT2D eigenvalue weighted by Gasteiger charge is 2.21. The minimum atomic E-state index is -1.01. The lowest BCUT2D eigenvalue weighted by atomic mass is 10.1. The average molecular weight is 320 g/mol. The van der Waals surface area contributed by atoms with Gasteiger partial charge in [-0.15, -0.1) is 0 Å². The predicted molar refractivity (Wildman–Crippen MR) is 79.8 cm³/mol. The minimum absolute atomic E-state index is 0.239. The number of nitro groups is 1. The molecule has 2 rings (SSSR count). The summed E-state index contributed by atoms with van der Waals surface area (Å²) in [6.07, 6.45) is -0.663. The Labute approximate surface area is 131 Å². The van der Waals surface area contributed by atoms with Gasteiger partial charge in [-0.05, 0) is 34.5 Å². The molecule has 9 heteroatoms. The Morgan fingerprint density at radius 1 is 1.43 bits per heavy atom. The number of rotatable bonds is 7. The summed E-state index contributed by atoms with van der Waals surface area (Å²) in [6.45, 7) is 2.05. The second kappa shape index (κ2) is 6.97. The molecule has 0 amide bonds. The van der Waals surface area contributed by atoms with Crippen molar-refractivity contribution in [2.24, 2.45) is 7.05 Å². The normalized spacial score (nSPS) is 12.1. The van der Waals surface area contributed by atoms with E-state index >= 15 is 0 Å². The molecule has 0 aliphatic carbocycles. The van der Waals surface area contributed by atoms with Crippen molar-refractivity contribution < 1.29 is 19.6 Å². The number of carboxylic acid groups (broad SMARTS) is 1. The van der Waals surface area contributed by atoms with E-state index in [1.165, 1.54) is 4.68 Å². The molecule has 0 saturated carbocycles. The highest BCUT2D eigenvalue weighted by molar-refractivity contribution is 5.72. The van der Waals surface area contributed by atoms with Crippen LogP contribution in [0, 0.1) is 10.1 Å². The van der Waals surface area contributed by atoms with Crippen molar-refractivity contribution in [3.05, 3.63) is 39.9 Å². The van der Waals surface area contributed by atoms with Gasteiger partial charge in [0.15, 0.2) is 6.10 Å². The Kier molecular flexibility index (Phi) is 5.02. The van der Waals surface area contributed by atoms with E-state index in [0.717, 1.165) is 5.56 Å². The zero-order valence-electron chi connectivity index (χ0n) is 12.7. The lowest BCUT2D eigenvalue weighted by Gasteiger charge is -2.12. The Morgan fingerprint density at radius 3 is 2.57 bits per heavy atom. The van der Waals surface area contributed by atoms with Crippen molar-refractivity contribution in [3.63, 3.8) is 0 Å². The fourth-order valence-electron chi connectivity index (χ4n) is 2.12. The molecule has 1 aromatic heterocycles.